The van der Waals surface area contributed by atoms with Crippen molar-refractivity contribution in [3.05, 3.63) is 54.5 Å². The Morgan fingerprint density at radius 3 is 2.20 bits per heavy atom. The van der Waals surface area contributed by atoms with E-state index in [-0.39, 0.29) is 0 Å². The summed E-state index contributed by atoms with van der Waals surface area (Å²) in [6, 6.07) is 14.3. The van der Waals surface area contributed by atoms with Crippen molar-refractivity contribution in [3.8, 4) is 22.9 Å². The highest BCUT2D eigenvalue weighted by atomic mass is 28.3. The Bertz CT molecular complexity index is 1490. The Hall–Kier alpha value is -2.88. The Labute approximate surface area is 263 Å². The van der Waals surface area contributed by atoms with Crippen LogP contribution in [0.4, 0.5) is 0 Å². The van der Waals surface area contributed by atoms with Crippen LogP contribution in [0.2, 0.25) is 51.4 Å². The second-order valence-electron chi connectivity index (χ2n) is 13.9. The van der Waals surface area contributed by atoms with Gasteiger partial charge in [0.05, 0.1) is 30.1 Å². The molecule has 5 rings (SSSR count). The van der Waals surface area contributed by atoms with Crippen LogP contribution in [0.1, 0.15) is 5.69 Å². The van der Waals surface area contributed by atoms with Gasteiger partial charge in [0.15, 0.2) is 0 Å². The summed E-state index contributed by atoms with van der Waals surface area (Å²) in [6.07, 6.45) is 3.61. The van der Waals surface area contributed by atoms with E-state index in [1.807, 2.05) is 45.9 Å². The zero-order valence-electron chi connectivity index (χ0n) is 27.2. The molecule has 1 aliphatic heterocycles. The molecule has 1 aliphatic rings. The Kier molecular flexibility index (Phi) is 10.7. The zero-order valence-corrected chi connectivity index (χ0v) is 29.2. The van der Waals surface area contributed by atoms with Crippen LogP contribution in [0.3, 0.4) is 0 Å². The number of fused-ring (bicyclic) bond motifs is 1. The first kappa shape index (κ1) is 32.5. The summed E-state index contributed by atoms with van der Waals surface area (Å²) < 4.78 is 27.6. The van der Waals surface area contributed by atoms with Crippen molar-refractivity contribution in [1.82, 2.24) is 29.4 Å². The van der Waals surface area contributed by atoms with E-state index in [0.717, 1.165) is 86.0 Å². The number of nitrogens with zero attached hydrogens (tertiary/aromatic N) is 6. The molecule has 0 N–H and O–H groups in total. The van der Waals surface area contributed by atoms with Crippen LogP contribution < -0.4 is 4.74 Å². The van der Waals surface area contributed by atoms with Gasteiger partial charge in [0.1, 0.15) is 19.2 Å². The molecule has 12 heteroatoms. The Balaban J connectivity index is 1.28. The third kappa shape index (κ3) is 9.32. The number of hydrogen-bond donors (Lipinski definition) is 0. The van der Waals surface area contributed by atoms with Gasteiger partial charge >= 0.3 is 0 Å². The summed E-state index contributed by atoms with van der Waals surface area (Å²) >= 11 is 0. The number of morpholine rings is 1. The number of benzene rings is 1. The lowest BCUT2D eigenvalue weighted by Crippen LogP contribution is -2.35. The number of pyridine rings is 1. The van der Waals surface area contributed by atoms with Gasteiger partial charge in [0.25, 0.3) is 0 Å². The van der Waals surface area contributed by atoms with Gasteiger partial charge in [-0.3, -0.25) is 4.90 Å². The number of ether oxygens (including phenoxy) is 4. The fourth-order valence-corrected chi connectivity index (χ4v) is 6.44. The van der Waals surface area contributed by atoms with Crippen molar-refractivity contribution in [1.29, 1.82) is 0 Å². The van der Waals surface area contributed by atoms with Gasteiger partial charge in [-0.25, -0.2) is 14.3 Å². The van der Waals surface area contributed by atoms with Crippen LogP contribution in [0, 0.1) is 0 Å². The van der Waals surface area contributed by atoms with Crippen molar-refractivity contribution < 1.29 is 18.9 Å². The highest BCUT2D eigenvalue weighted by Gasteiger charge is 2.19. The summed E-state index contributed by atoms with van der Waals surface area (Å²) in [5.41, 5.74) is 3.96. The van der Waals surface area contributed by atoms with Gasteiger partial charge in [0.2, 0.25) is 5.88 Å². The van der Waals surface area contributed by atoms with Gasteiger partial charge in [-0.05, 0) is 36.4 Å². The van der Waals surface area contributed by atoms with E-state index in [1.165, 1.54) is 0 Å². The third-order valence-corrected chi connectivity index (χ3v) is 11.1. The predicted octanol–water partition coefficient (Wildman–Crippen LogP) is 6.54. The minimum absolute atomic E-state index is 0.413. The highest BCUT2D eigenvalue weighted by Crippen LogP contribution is 2.29. The van der Waals surface area contributed by atoms with Crippen molar-refractivity contribution in [2.24, 2.45) is 0 Å². The molecule has 4 aromatic rings. The van der Waals surface area contributed by atoms with Crippen molar-refractivity contribution >= 4 is 27.1 Å². The summed E-state index contributed by atoms with van der Waals surface area (Å²) in [5, 5.41) is 10.5. The van der Waals surface area contributed by atoms with E-state index in [2.05, 4.69) is 60.3 Å². The van der Waals surface area contributed by atoms with Crippen LogP contribution in [0.5, 0.6) is 11.6 Å². The summed E-state index contributed by atoms with van der Waals surface area (Å²) in [7, 11) is -2.31. The maximum absolute atomic E-state index is 6.23. The average molecular weight is 637 g/mol. The molecular formula is C32H48N6O4Si2. The lowest BCUT2D eigenvalue weighted by Gasteiger charge is -2.25. The van der Waals surface area contributed by atoms with Gasteiger partial charge in [-0.2, -0.15) is 10.2 Å². The standard InChI is InChI=1S/C32H48N6O4Si2/c1-43(2,3)19-17-40-24-37-30(11-12-34-37)26-7-10-32(33-22-26)42-27-8-9-28-29(23-36-13-15-39-16-14-36)35-38(31(28)21-27)25-41-18-20-44(4,5)6/h7-12,21-22H,13-20,23-25H2,1-6H3. The molecule has 1 saturated heterocycles. The van der Waals surface area contributed by atoms with Crippen molar-refractivity contribution in [2.45, 2.75) is 71.4 Å². The molecule has 0 atom stereocenters. The lowest BCUT2D eigenvalue weighted by molar-refractivity contribution is 0.0333. The highest BCUT2D eigenvalue weighted by molar-refractivity contribution is 6.76. The summed E-state index contributed by atoms with van der Waals surface area (Å²) in [5.74, 6) is 1.23. The molecule has 0 spiro atoms. The van der Waals surface area contributed by atoms with Gasteiger partial charge in [0, 0.05) is 84.5 Å². The van der Waals surface area contributed by atoms with E-state index >= 15 is 0 Å². The Morgan fingerprint density at radius 1 is 0.841 bits per heavy atom. The molecule has 4 heterocycles. The SMILES string of the molecule is C[Si](C)(C)CCOCn1nccc1-c1ccc(Oc2ccc3c(CN4CCOCC4)nn(COCC[Si](C)(C)C)c3c2)nc1. The zero-order chi connectivity index (χ0) is 31.2. The fourth-order valence-electron chi connectivity index (χ4n) is 4.92. The monoisotopic (exact) mass is 636 g/mol. The maximum atomic E-state index is 6.23. The molecular weight excluding hydrogens is 589 g/mol. The molecule has 1 aromatic carbocycles. The molecule has 0 unspecified atom stereocenters. The molecule has 0 amide bonds. The van der Waals surface area contributed by atoms with E-state index < -0.39 is 16.1 Å². The largest absolute Gasteiger partial charge is 0.439 e. The molecule has 3 aromatic heterocycles. The van der Waals surface area contributed by atoms with E-state index in [4.69, 9.17) is 24.0 Å². The Morgan fingerprint density at radius 2 is 1.55 bits per heavy atom. The summed E-state index contributed by atoms with van der Waals surface area (Å²) in [6.45, 7) is 20.6. The van der Waals surface area contributed by atoms with Crippen LogP contribution in [-0.2, 0) is 34.2 Å². The first-order chi connectivity index (χ1) is 21.0. The minimum atomic E-state index is -1.17. The molecule has 44 heavy (non-hydrogen) atoms. The first-order valence-electron chi connectivity index (χ1n) is 15.7. The van der Waals surface area contributed by atoms with Crippen LogP contribution in [-0.4, -0.2) is 85.1 Å². The molecule has 0 saturated carbocycles. The van der Waals surface area contributed by atoms with Crippen LogP contribution >= 0.6 is 0 Å². The van der Waals surface area contributed by atoms with Gasteiger partial charge in [-0.1, -0.05) is 39.3 Å². The normalized spacial score (nSPS) is 14.9. The van der Waals surface area contributed by atoms with Crippen LogP contribution in [0.15, 0.2) is 48.8 Å². The topological polar surface area (TPSA) is 88.7 Å². The molecule has 0 aliphatic carbocycles. The number of aromatic nitrogens is 5. The predicted molar refractivity (Wildman–Crippen MR) is 180 cm³/mol. The number of rotatable bonds is 15. The maximum Gasteiger partial charge on any atom is 0.219 e. The lowest BCUT2D eigenvalue weighted by atomic mass is 10.2. The fraction of sp³-hybridized carbons (Fsp3) is 0.531. The second kappa shape index (κ2) is 14.5. The average Bonchev–Trinajstić information content (AvgIpc) is 3.58. The first-order valence-corrected chi connectivity index (χ1v) is 23.1. The van der Waals surface area contributed by atoms with E-state index in [0.29, 0.717) is 25.1 Å². The molecule has 10 nitrogen and oxygen atoms in total. The molecule has 0 radical (unpaired) electrons. The van der Waals surface area contributed by atoms with Crippen molar-refractivity contribution in [2.75, 3.05) is 39.5 Å². The smallest absolute Gasteiger partial charge is 0.219 e. The van der Waals surface area contributed by atoms with E-state index in [1.54, 1.807) is 6.20 Å². The van der Waals surface area contributed by atoms with Gasteiger partial charge < -0.3 is 18.9 Å². The van der Waals surface area contributed by atoms with Crippen molar-refractivity contribution in [3.63, 3.8) is 0 Å². The second-order valence-corrected chi connectivity index (χ2v) is 25.2. The van der Waals surface area contributed by atoms with Gasteiger partial charge in [-0.15, -0.1) is 0 Å². The molecule has 238 valence electrons. The third-order valence-electron chi connectivity index (χ3n) is 7.67. The van der Waals surface area contributed by atoms with E-state index in [9.17, 15) is 0 Å². The quantitative estimate of drug-likeness (QED) is 0.107. The summed E-state index contributed by atoms with van der Waals surface area (Å²) in [4.78, 5) is 7.00. The molecule has 1 fully saturated rings. The minimum Gasteiger partial charge on any atom is -0.439 e. The van der Waals surface area contributed by atoms with Crippen LogP contribution in [0.25, 0.3) is 22.2 Å². The molecule has 0 bridgehead atoms. The number of hydrogen-bond acceptors (Lipinski definition) is 8.